The Labute approximate surface area is 256 Å². The minimum Gasteiger partial charge on any atom is -0.504 e. The number of nitro groups is 2. The third-order valence-corrected chi connectivity index (χ3v) is 5.76. The number of nitro benzene ring substituents is 2. The molecule has 14 nitrogen and oxygen atoms in total. The standard InChI is InChI=1S/C17H12FNO7.C13H8FNO5/c1-9(20)25-15-8-11(16(22)12-5-3-4-6-13(12)18)7-14(19(23)24)17(15)26-10(2)21;14-9-4-2-1-3-8(9)12(17)7-5-10(15(19)20)13(18)11(16)6-7/h3-8H,1-2H3;1-6,16,18H. The summed E-state index contributed by atoms with van der Waals surface area (Å²) < 4.78 is 36.9. The molecule has 4 rings (SSSR count). The van der Waals surface area contributed by atoms with E-state index in [9.17, 15) is 58.4 Å². The second-order valence-electron chi connectivity index (χ2n) is 9.01. The van der Waals surface area contributed by atoms with Crippen molar-refractivity contribution in [3.05, 3.63) is 127 Å². The molecule has 0 bridgehead atoms. The molecule has 0 fully saturated rings. The Morgan fingerprint density at radius 3 is 1.54 bits per heavy atom. The van der Waals surface area contributed by atoms with Crippen LogP contribution in [0.1, 0.15) is 45.7 Å². The predicted molar refractivity (Wildman–Crippen MR) is 152 cm³/mol. The number of phenolic OH excluding ortho intramolecular Hbond substituents is 2. The Morgan fingerprint density at radius 1 is 0.674 bits per heavy atom. The lowest BCUT2D eigenvalue weighted by Crippen LogP contribution is -2.11. The number of carbonyl (C=O) groups excluding carboxylic acids is 4. The molecule has 0 aliphatic carbocycles. The van der Waals surface area contributed by atoms with E-state index in [4.69, 9.17) is 9.47 Å². The van der Waals surface area contributed by atoms with Crippen molar-refractivity contribution in [3.63, 3.8) is 0 Å². The second kappa shape index (κ2) is 14.3. The van der Waals surface area contributed by atoms with Gasteiger partial charge in [-0.05, 0) is 36.4 Å². The fraction of sp³-hybridized carbons (Fsp3) is 0.0667. The van der Waals surface area contributed by atoms with Crippen LogP contribution in [0.5, 0.6) is 23.0 Å². The number of aromatic hydroxyl groups is 2. The monoisotopic (exact) mass is 638 g/mol. The molecule has 236 valence electrons. The molecule has 16 heteroatoms. The smallest absolute Gasteiger partial charge is 0.316 e. The Bertz CT molecular complexity index is 1910. The molecular weight excluding hydrogens is 618 g/mol. The highest BCUT2D eigenvalue weighted by atomic mass is 19.1. The van der Waals surface area contributed by atoms with Crippen LogP contribution < -0.4 is 9.47 Å². The first kappa shape index (κ1) is 33.9. The molecule has 0 heterocycles. The molecule has 4 aromatic rings. The number of esters is 2. The second-order valence-corrected chi connectivity index (χ2v) is 9.01. The van der Waals surface area contributed by atoms with Crippen molar-refractivity contribution in [3.8, 4) is 23.0 Å². The largest absolute Gasteiger partial charge is 0.504 e. The van der Waals surface area contributed by atoms with Crippen LogP contribution in [-0.2, 0) is 9.59 Å². The van der Waals surface area contributed by atoms with Gasteiger partial charge in [0.1, 0.15) is 11.6 Å². The van der Waals surface area contributed by atoms with E-state index >= 15 is 0 Å². The zero-order chi connectivity index (χ0) is 34.3. The molecule has 0 aromatic heterocycles. The lowest BCUT2D eigenvalue weighted by Gasteiger charge is -2.11. The van der Waals surface area contributed by atoms with E-state index < -0.39 is 79.4 Å². The molecule has 0 aliphatic rings. The Balaban J connectivity index is 0.000000259. The summed E-state index contributed by atoms with van der Waals surface area (Å²) in [5, 5.41) is 40.7. The van der Waals surface area contributed by atoms with Crippen LogP contribution in [-0.4, -0.2) is 43.6 Å². The van der Waals surface area contributed by atoms with Crippen LogP contribution >= 0.6 is 0 Å². The number of phenols is 2. The van der Waals surface area contributed by atoms with E-state index in [-0.39, 0.29) is 22.3 Å². The molecule has 0 amide bonds. The van der Waals surface area contributed by atoms with Gasteiger partial charge in [0.15, 0.2) is 23.1 Å². The van der Waals surface area contributed by atoms with Crippen LogP contribution in [0.25, 0.3) is 0 Å². The van der Waals surface area contributed by atoms with Gasteiger partial charge in [0, 0.05) is 37.1 Å². The Morgan fingerprint density at radius 2 is 1.11 bits per heavy atom. The number of carbonyl (C=O) groups is 4. The van der Waals surface area contributed by atoms with E-state index in [2.05, 4.69) is 0 Å². The van der Waals surface area contributed by atoms with Gasteiger partial charge in [-0.25, -0.2) is 8.78 Å². The summed E-state index contributed by atoms with van der Waals surface area (Å²) >= 11 is 0. The van der Waals surface area contributed by atoms with Crippen LogP contribution in [0.2, 0.25) is 0 Å². The van der Waals surface area contributed by atoms with Gasteiger partial charge in [0.2, 0.25) is 5.75 Å². The van der Waals surface area contributed by atoms with Gasteiger partial charge in [0.25, 0.3) is 5.75 Å². The van der Waals surface area contributed by atoms with E-state index in [1.807, 2.05) is 0 Å². The van der Waals surface area contributed by atoms with Gasteiger partial charge < -0.3 is 19.7 Å². The fourth-order valence-electron chi connectivity index (χ4n) is 3.81. The summed E-state index contributed by atoms with van der Waals surface area (Å²) in [5.74, 6) is -7.94. The topological polar surface area (TPSA) is 213 Å². The van der Waals surface area contributed by atoms with Gasteiger partial charge in [-0.3, -0.25) is 39.4 Å². The zero-order valence-corrected chi connectivity index (χ0v) is 23.6. The third-order valence-electron chi connectivity index (χ3n) is 5.76. The highest BCUT2D eigenvalue weighted by Gasteiger charge is 2.28. The van der Waals surface area contributed by atoms with Gasteiger partial charge in [-0.15, -0.1) is 0 Å². The van der Waals surface area contributed by atoms with E-state index in [0.717, 1.165) is 50.2 Å². The summed E-state index contributed by atoms with van der Waals surface area (Å²) in [6, 6.07) is 13.6. The number of hydrogen-bond acceptors (Lipinski definition) is 12. The highest BCUT2D eigenvalue weighted by molar-refractivity contribution is 6.10. The maximum Gasteiger partial charge on any atom is 0.316 e. The summed E-state index contributed by atoms with van der Waals surface area (Å²) in [5.41, 5.74) is -2.82. The summed E-state index contributed by atoms with van der Waals surface area (Å²) in [6.07, 6.45) is 0. The van der Waals surface area contributed by atoms with Gasteiger partial charge in [-0.2, -0.15) is 0 Å². The average molecular weight is 638 g/mol. The molecule has 0 spiro atoms. The molecule has 0 aliphatic heterocycles. The highest BCUT2D eigenvalue weighted by Crippen LogP contribution is 2.40. The Hall–Kier alpha value is -6.58. The van der Waals surface area contributed by atoms with Gasteiger partial charge >= 0.3 is 23.3 Å². The maximum atomic E-state index is 13.8. The number of benzene rings is 4. The van der Waals surface area contributed by atoms with Crippen molar-refractivity contribution in [1.82, 2.24) is 0 Å². The number of hydrogen-bond donors (Lipinski definition) is 2. The van der Waals surface area contributed by atoms with Crippen molar-refractivity contribution < 1.29 is 57.5 Å². The van der Waals surface area contributed by atoms with Crippen molar-refractivity contribution in [1.29, 1.82) is 0 Å². The van der Waals surface area contributed by atoms with Gasteiger partial charge in [-0.1, -0.05) is 24.3 Å². The van der Waals surface area contributed by atoms with E-state index in [0.29, 0.717) is 0 Å². The predicted octanol–water partition coefficient (Wildman–Crippen LogP) is 5.19. The number of ether oxygens (including phenoxy) is 2. The number of ketones is 2. The Kier molecular flexibility index (Phi) is 10.5. The minimum absolute atomic E-state index is 0.285. The first-order chi connectivity index (χ1) is 21.6. The minimum atomic E-state index is -0.951. The van der Waals surface area contributed by atoms with Crippen LogP contribution in [0, 0.1) is 31.9 Å². The fourth-order valence-corrected chi connectivity index (χ4v) is 3.81. The van der Waals surface area contributed by atoms with Crippen LogP contribution in [0.15, 0.2) is 72.8 Å². The average Bonchev–Trinajstić information content (AvgIpc) is 2.98. The first-order valence-electron chi connectivity index (χ1n) is 12.6. The first-order valence-corrected chi connectivity index (χ1v) is 12.6. The molecule has 2 N–H and O–H groups in total. The summed E-state index contributed by atoms with van der Waals surface area (Å²) in [7, 11) is 0. The molecule has 0 radical (unpaired) electrons. The number of nitrogens with zero attached hydrogens (tertiary/aromatic N) is 2. The van der Waals surface area contributed by atoms with Gasteiger partial charge in [0.05, 0.1) is 21.0 Å². The molecular formula is C30H20F2N2O12. The molecule has 0 unspecified atom stereocenters. The lowest BCUT2D eigenvalue weighted by molar-refractivity contribution is -0.386. The SMILES string of the molecule is CC(=O)Oc1cc(C(=O)c2ccccc2F)cc([N+](=O)[O-])c1OC(C)=O.O=C(c1cc(O)c(O)c([N+](=O)[O-])c1)c1ccccc1F. The quantitative estimate of drug-likeness (QED) is 0.0637. The molecule has 4 aromatic carbocycles. The van der Waals surface area contributed by atoms with Crippen molar-refractivity contribution >= 4 is 34.9 Å². The lowest BCUT2D eigenvalue weighted by atomic mass is 10.0. The van der Waals surface area contributed by atoms with Crippen molar-refractivity contribution in [2.24, 2.45) is 0 Å². The third kappa shape index (κ3) is 7.87. The molecule has 0 atom stereocenters. The maximum absolute atomic E-state index is 13.8. The van der Waals surface area contributed by atoms with E-state index in [1.54, 1.807) is 0 Å². The summed E-state index contributed by atoms with van der Waals surface area (Å²) in [6.45, 7) is 2.02. The normalized spacial score (nSPS) is 10.2. The number of rotatable bonds is 8. The van der Waals surface area contributed by atoms with Crippen molar-refractivity contribution in [2.75, 3.05) is 0 Å². The molecule has 46 heavy (non-hydrogen) atoms. The van der Waals surface area contributed by atoms with Crippen molar-refractivity contribution in [2.45, 2.75) is 13.8 Å². The number of halogens is 2. The van der Waals surface area contributed by atoms with E-state index in [1.165, 1.54) is 36.4 Å². The van der Waals surface area contributed by atoms with Crippen LogP contribution in [0.4, 0.5) is 20.2 Å². The molecule has 0 saturated heterocycles. The molecule has 0 saturated carbocycles. The summed E-state index contributed by atoms with van der Waals surface area (Å²) in [4.78, 5) is 67.2. The zero-order valence-electron chi connectivity index (χ0n) is 23.6. The van der Waals surface area contributed by atoms with Crippen LogP contribution in [0.3, 0.4) is 0 Å².